The number of nitrogens with zero attached hydrogens (tertiary/aromatic N) is 2. The van der Waals surface area contributed by atoms with Crippen molar-refractivity contribution in [3.63, 3.8) is 0 Å². The van der Waals surface area contributed by atoms with Crippen molar-refractivity contribution in [2.75, 3.05) is 26.8 Å². The summed E-state index contributed by atoms with van der Waals surface area (Å²) in [6, 6.07) is 6.05. The SMILES string of the molecule is CCn1c(CC2CNCCO2)nc2cc(OC)ccc21. The summed E-state index contributed by atoms with van der Waals surface area (Å²) in [5.74, 6) is 1.94. The van der Waals surface area contributed by atoms with E-state index in [9.17, 15) is 0 Å². The van der Waals surface area contributed by atoms with Gasteiger partial charge in [-0.05, 0) is 19.1 Å². The molecule has 0 amide bonds. The Morgan fingerprint density at radius 2 is 2.40 bits per heavy atom. The molecule has 1 aliphatic heterocycles. The van der Waals surface area contributed by atoms with E-state index >= 15 is 0 Å². The van der Waals surface area contributed by atoms with Gasteiger partial charge in [0.2, 0.25) is 0 Å². The fourth-order valence-electron chi connectivity index (χ4n) is 2.75. The van der Waals surface area contributed by atoms with E-state index < -0.39 is 0 Å². The summed E-state index contributed by atoms with van der Waals surface area (Å²) in [5, 5.41) is 3.36. The van der Waals surface area contributed by atoms with Crippen LogP contribution in [-0.4, -0.2) is 42.5 Å². The Labute approximate surface area is 118 Å². The van der Waals surface area contributed by atoms with Crippen LogP contribution in [-0.2, 0) is 17.7 Å². The summed E-state index contributed by atoms with van der Waals surface area (Å²) in [5.41, 5.74) is 2.15. The van der Waals surface area contributed by atoms with Gasteiger partial charge in [-0.3, -0.25) is 0 Å². The Morgan fingerprint density at radius 1 is 1.50 bits per heavy atom. The summed E-state index contributed by atoms with van der Waals surface area (Å²) in [4.78, 5) is 4.76. The zero-order valence-corrected chi connectivity index (χ0v) is 12.1. The van der Waals surface area contributed by atoms with Gasteiger partial charge in [-0.2, -0.15) is 0 Å². The highest BCUT2D eigenvalue weighted by atomic mass is 16.5. The van der Waals surface area contributed by atoms with Crippen LogP contribution in [0.4, 0.5) is 0 Å². The molecule has 3 rings (SSSR count). The zero-order chi connectivity index (χ0) is 13.9. The molecule has 1 aliphatic rings. The van der Waals surface area contributed by atoms with Crippen LogP contribution in [0.1, 0.15) is 12.7 Å². The van der Waals surface area contributed by atoms with E-state index in [0.717, 1.165) is 55.3 Å². The third-order valence-electron chi connectivity index (χ3n) is 3.77. The Bertz CT molecular complexity index is 588. The minimum Gasteiger partial charge on any atom is -0.497 e. The van der Waals surface area contributed by atoms with E-state index in [-0.39, 0.29) is 6.10 Å². The molecule has 1 atom stereocenters. The quantitative estimate of drug-likeness (QED) is 0.920. The molecule has 0 aliphatic carbocycles. The van der Waals surface area contributed by atoms with E-state index in [1.165, 1.54) is 0 Å². The number of nitrogens with one attached hydrogen (secondary N) is 1. The maximum atomic E-state index is 5.78. The Morgan fingerprint density at radius 3 is 3.10 bits per heavy atom. The smallest absolute Gasteiger partial charge is 0.121 e. The highest BCUT2D eigenvalue weighted by molar-refractivity contribution is 5.77. The molecule has 0 bridgehead atoms. The van der Waals surface area contributed by atoms with Crippen molar-refractivity contribution in [3.8, 4) is 5.75 Å². The van der Waals surface area contributed by atoms with Gasteiger partial charge in [0.1, 0.15) is 11.6 Å². The number of hydrogen-bond acceptors (Lipinski definition) is 4. The number of morpholine rings is 1. The van der Waals surface area contributed by atoms with Crippen molar-refractivity contribution in [2.45, 2.75) is 26.0 Å². The number of fused-ring (bicyclic) bond motifs is 1. The van der Waals surface area contributed by atoms with Gasteiger partial charge in [0.25, 0.3) is 0 Å². The van der Waals surface area contributed by atoms with Crippen LogP contribution in [0.2, 0.25) is 0 Å². The fourth-order valence-corrected chi connectivity index (χ4v) is 2.75. The monoisotopic (exact) mass is 275 g/mol. The van der Waals surface area contributed by atoms with Crippen molar-refractivity contribution in [1.82, 2.24) is 14.9 Å². The van der Waals surface area contributed by atoms with Crippen LogP contribution in [0.15, 0.2) is 18.2 Å². The lowest BCUT2D eigenvalue weighted by atomic mass is 10.2. The fraction of sp³-hybridized carbons (Fsp3) is 0.533. The predicted molar refractivity (Wildman–Crippen MR) is 78.3 cm³/mol. The Balaban J connectivity index is 1.92. The first-order chi connectivity index (χ1) is 9.81. The molecule has 1 fully saturated rings. The second-order valence-corrected chi connectivity index (χ2v) is 5.03. The largest absolute Gasteiger partial charge is 0.497 e. The third-order valence-corrected chi connectivity index (χ3v) is 3.77. The van der Waals surface area contributed by atoms with Gasteiger partial charge < -0.3 is 19.4 Å². The summed E-state index contributed by atoms with van der Waals surface area (Å²) in [7, 11) is 1.68. The number of imidazole rings is 1. The maximum absolute atomic E-state index is 5.78. The molecule has 1 unspecified atom stereocenters. The normalized spacial score (nSPS) is 19.4. The molecule has 1 aromatic carbocycles. The standard InChI is InChI=1S/C15H21N3O2/c1-3-18-14-5-4-11(19-2)8-13(14)17-15(18)9-12-10-16-6-7-20-12/h4-5,8,12,16H,3,6-7,9-10H2,1-2H3. The molecular formula is C15H21N3O2. The van der Waals surface area contributed by atoms with Crippen molar-refractivity contribution in [1.29, 1.82) is 0 Å². The molecule has 0 spiro atoms. The number of ether oxygens (including phenoxy) is 2. The van der Waals surface area contributed by atoms with Crippen molar-refractivity contribution >= 4 is 11.0 Å². The van der Waals surface area contributed by atoms with Crippen molar-refractivity contribution in [2.24, 2.45) is 0 Å². The van der Waals surface area contributed by atoms with Crippen LogP contribution in [0, 0.1) is 0 Å². The summed E-state index contributed by atoms with van der Waals surface area (Å²) >= 11 is 0. The number of hydrogen-bond donors (Lipinski definition) is 1. The van der Waals surface area contributed by atoms with E-state index in [1.807, 2.05) is 12.1 Å². The first-order valence-electron chi connectivity index (χ1n) is 7.17. The molecule has 1 N–H and O–H groups in total. The number of methoxy groups -OCH3 is 1. The van der Waals surface area contributed by atoms with Crippen LogP contribution < -0.4 is 10.1 Å². The van der Waals surface area contributed by atoms with Gasteiger partial charge in [0.15, 0.2) is 0 Å². The van der Waals surface area contributed by atoms with Crippen LogP contribution in [0.3, 0.4) is 0 Å². The minimum absolute atomic E-state index is 0.216. The van der Waals surface area contributed by atoms with Gasteiger partial charge in [-0.15, -0.1) is 0 Å². The van der Waals surface area contributed by atoms with Gasteiger partial charge in [0.05, 0.1) is 30.9 Å². The van der Waals surface area contributed by atoms with Crippen molar-refractivity contribution in [3.05, 3.63) is 24.0 Å². The Kier molecular flexibility index (Phi) is 3.89. The summed E-state index contributed by atoms with van der Waals surface area (Å²) in [6.45, 7) is 5.69. The first-order valence-corrected chi connectivity index (χ1v) is 7.17. The van der Waals surface area contributed by atoms with Gasteiger partial charge in [-0.25, -0.2) is 4.98 Å². The van der Waals surface area contributed by atoms with Crippen LogP contribution in [0.25, 0.3) is 11.0 Å². The maximum Gasteiger partial charge on any atom is 0.121 e. The van der Waals surface area contributed by atoms with Gasteiger partial charge in [-0.1, -0.05) is 0 Å². The molecule has 2 aromatic rings. The van der Waals surface area contributed by atoms with Crippen LogP contribution >= 0.6 is 0 Å². The van der Waals surface area contributed by atoms with E-state index in [2.05, 4.69) is 22.9 Å². The predicted octanol–water partition coefficient (Wildman–Crippen LogP) is 1.60. The second-order valence-electron chi connectivity index (χ2n) is 5.03. The molecule has 20 heavy (non-hydrogen) atoms. The van der Waals surface area contributed by atoms with E-state index in [1.54, 1.807) is 7.11 Å². The molecule has 5 nitrogen and oxygen atoms in total. The molecule has 108 valence electrons. The summed E-state index contributed by atoms with van der Waals surface area (Å²) in [6.07, 6.45) is 1.06. The van der Waals surface area contributed by atoms with Gasteiger partial charge in [0, 0.05) is 32.1 Å². The van der Waals surface area contributed by atoms with Gasteiger partial charge >= 0.3 is 0 Å². The summed E-state index contributed by atoms with van der Waals surface area (Å²) < 4.78 is 13.3. The van der Waals surface area contributed by atoms with E-state index in [0.29, 0.717) is 0 Å². The molecule has 1 aromatic heterocycles. The molecule has 1 saturated heterocycles. The molecular weight excluding hydrogens is 254 g/mol. The topological polar surface area (TPSA) is 48.3 Å². The van der Waals surface area contributed by atoms with Crippen LogP contribution in [0.5, 0.6) is 5.75 Å². The number of benzene rings is 1. The highest BCUT2D eigenvalue weighted by Crippen LogP contribution is 2.22. The average molecular weight is 275 g/mol. The Hall–Kier alpha value is -1.59. The van der Waals surface area contributed by atoms with E-state index in [4.69, 9.17) is 14.5 Å². The second kappa shape index (κ2) is 5.81. The molecule has 5 heteroatoms. The third kappa shape index (κ3) is 2.51. The zero-order valence-electron chi connectivity index (χ0n) is 12.1. The number of rotatable bonds is 4. The number of aromatic nitrogens is 2. The lowest BCUT2D eigenvalue weighted by Crippen LogP contribution is -2.40. The minimum atomic E-state index is 0.216. The van der Waals surface area contributed by atoms with Crippen molar-refractivity contribution < 1.29 is 9.47 Å². The first kappa shape index (κ1) is 13.4. The lowest BCUT2D eigenvalue weighted by molar-refractivity contribution is 0.0276. The molecule has 0 saturated carbocycles. The molecule has 0 radical (unpaired) electrons. The lowest BCUT2D eigenvalue weighted by Gasteiger charge is -2.23. The molecule has 2 heterocycles. The highest BCUT2D eigenvalue weighted by Gasteiger charge is 2.18. The average Bonchev–Trinajstić information content (AvgIpc) is 2.84. The number of aryl methyl sites for hydroxylation is 1.